The molecular formula is C15H30N2. The molecule has 17 heavy (non-hydrogen) atoms. The van der Waals surface area contributed by atoms with Crippen LogP contribution in [0.4, 0.5) is 0 Å². The van der Waals surface area contributed by atoms with Crippen LogP contribution in [0.1, 0.15) is 59.3 Å². The van der Waals surface area contributed by atoms with Gasteiger partial charge in [-0.2, -0.15) is 0 Å². The van der Waals surface area contributed by atoms with Gasteiger partial charge in [-0.3, -0.25) is 4.90 Å². The van der Waals surface area contributed by atoms with Gasteiger partial charge < -0.3 is 5.73 Å². The number of nitrogens with zero attached hydrogens (tertiary/aromatic N) is 1. The predicted molar refractivity (Wildman–Crippen MR) is 74.0 cm³/mol. The van der Waals surface area contributed by atoms with Gasteiger partial charge in [0.25, 0.3) is 0 Å². The van der Waals surface area contributed by atoms with Crippen molar-refractivity contribution in [2.45, 2.75) is 77.4 Å². The van der Waals surface area contributed by atoms with E-state index in [4.69, 9.17) is 5.73 Å². The molecule has 2 fully saturated rings. The normalized spacial score (nSPS) is 42.0. The summed E-state index contributed by atoms with van der Waals surface area (Å²) in [7, 11) is 2.32. The first-order chi connectivity index (χ1) is 7.93. The first-order valence-corrected chi connectivity index (χ1v) is 7.41. The van der Waals surface area contributed by atoms with Crippen molar-refractivity contribution in [3.63, 3.8) is 0 Å². The lowest BCUT2D eigenvalue weighted by Gasteiger charge is -2.42. The highest BCUT2D eigenvalue weighted by Gasteiger charge is 2.43. The number of hydrogen-bond acceptors (Lipinski definition) is 2. The first kappa shape index (κ1) is 13.4. The van der Waals surface area contributed by atoms with Crippen LogP contribution in [-0.4, -0.2) is 30.1 Å². The van der Waals surface area contributed by atoms with Crippen LogP contribution in [0.25, 0.3) is 0 Å². The minimum Gasteiger partial charge on any atom is -0.326 e. The van der Waals surface area contributed by atoms with E-state index in [1.165, 1.54) is 38.5 Å². The van der Waals surface area contributed by atoms with Gasteiger partial charge in [-0.25, -0.2) is 0 Å². The summed E-state index contributed by atoms with van der Waals surface area (Å²) in [6, 6.07) is 1.73. The van der Waals surface area contributed by atoms with E-state index in [2.05, 4.69) is 32.7 Å². The van der Waals surface area contributed by atoms with Crippen molar-refractivity contribution in [3.05, 3.63) is 0 Å². The molecule has 0 aromatic rings. The number of hydrogen-bond donors (Lipinski definition) is 1. The largest absolute Gasteiger partial charge is 0.326 e. The van der Waals surface area contributed by atoms with E-state index in [0.717, 1.165) is 12.0 Å². The molecule has 2 saturated carbocycles. The van der Waals surface area contributed by atoms with Crippen LogP contribution in [-0.2, 0) is 0 Å². The number of nitrogens with two attached hydrogens (primary N) is 1. The number of likely N-dealkylation sites (N-methyl/N-ethyl adjacent to an activating group) is 1. The summed E-state index contributed by atoms with van der Waals surface area (Å²) >= 11 is 0. The molecular weight excluding hydrogens is 208 g/mol. The Morgan fingerprint density at radius 2 is 1.71 bits per heavy atom. The van der Waals surface area contributed by atoms with Crippen molar-refractivity contribution in [2.24, 2.45) is 17.1 Å². The summed E-state index contributed by atoms with van der Waals surface area (Å²) in [5, 5.41) is 0. The Kier molecular flexibility index (Phi) is 3.84. The van der Waals surface area contributed by atoms with E-state index in [1.54, 1.807) is 0 Å². The minimum absolute atomic E-state index is 0.330. The van der Waals surface area contributed by atoms with Crippen LogP contribution >= 0.6 is 0 Å². The predicted octanol–water partition coefficient (Wildman–Crippen LogP) is 3.01. The van der Waals surface area contributed by atoms with Crippen molar-refractivity contribution in [3.8, 4) is 0 Å². The van der Waals surface area contributed by atoms with Gasteiger partial charge >= 0.3 is 0 Å². The van der Waals surface area contributed by atoms with Crippen molar-refractivity contribution in [1.29, 1.82) is 0 Å². The molecule has 4 atom stereocenters. The fraction of sp³-hybridized carbons (Fsp3) is 1.00. The summed E-state index contributed by atoms with van der Waals surface area (Å²) in [5.41, 5.74) is 6.80. The fourth-order valence-electron chi connectivity index (χ4n) is 3.99. The molecule has 2 heteroatoms. The van der Waals surface area contributed by atoms with E-state index in [0.29, 0.717) is 17.5 Å². The van der Waals surface area contributed by atoms with Crippen LogP contribution in [0.15, 0.2) is 0 Å². The molecule has 100 valence electrons. The Bertz CT molecular complexity index is 262. The molecule has 0 heterocycles. The third-order valence-corrected chi connectivity index (χ3v) is 5.51. The van der Waals surface area contributed by atoms with E-state index >= 15 is 0 Å². The third-order valence-electron chi connectivity index (χ3n) is 5.51. The second kappa shape index (κ2) is 4.89. The topological polar surface area (TPSA) is 29.3 Å². The van der Waals surface area contributed by atoms with E-state index in [9.17, 15) is 0 Å². The Balaban J connectivity index is 2.02. The highest BCUT2D eigenvalue weighted by molar-refractivity contribution is 5.00. The highest BCUT2D eigenvalue weighted by atomic mass is 15.2. The maximum Gasteiger partial charge on any atom is 0.0252 e. The zero-order valence-electron chi connectivity index (χ0n) is 12.1. The molecule has 0 aliphatic heterocycles. The van der Waals surface area contributed by atoms with Crippen LogP contribution in [0.5, 0.6) is 0 Å². The molecule has 0 spiro atoms. The lowest BCUT2D eigenvalue weighted by molar-refractivity contribution is 0.0836. The molecule has 0 radical (unpaired) electrons. The zero-order chi connectivity index (χ0) is 12.6. The Morgan fingerprint density at radius 1 is 1.06 bits per heavy atom. The van der Waals surface area contributed by atoms with Crippen molar-refractivity contribution in [2.75, 3.05) is 7.05 Å². The first-order valence-electron chi connectivity index (χ1n) is 7.41. The van der Waals surface area contributed by atoms with Crippen LogP contribution in [0.3, 0.4) is 0 Å². The van der Waals surface area contributed by atoms with Gasteiger partial charge in [-0.05, 0) is 44.1 Å². The van der Waals surface area contributed by atoms with Gasteiger partial charge in [0.2, 0.25) is 0 Å². The zero-order valence-corrected chi connectivity index (χ0v) is 12.1. The van der Waals surface area contributed by atoms with Crippen LogP contribution in [0.2, 0.25) is 0 Å². The summed E-state index contributed by atoms with van der Waals surface area (Å²) in [6.45, 7) is 7.08. The quantitative estimate of drug-likeness (QED) is 0.801. The van der Waals surface area contributed by atoms with Gasteiger partial charge in [-0.1, -0.05) is 33.6 Å². The van der Waals surface area contributed by atoms with E-state index < -0.39 is 0 Å². The molecule has 0 bridgehead atoms. The fourth-order valence-corrected chi connectivity index (χ4v) is 3.99. The minimum atomic E-state index is 0.330. The summed E-state index contributed by atoms with van der Waals surface area (Å²) in [6.07, 6.45) is 8.18. The van der Waals surface area contributed by atoms with Crippen LogP contribution < -0.4 is 5.73 Å². The maximum atomic E-state index is 6.47. The molecule has 0 amide bonds. The Hall–Kier alpha value is -0.0800. The van der Waals surface area contributed by atoms with Gasteiger partial charge in [0.1, 0.15) is 0 Å². The number of rotatable bonds is 2. The second-order valence-electron chi connectivity index (χ2n) is 7.11. The molecule has 2 aliphatic carbocycles. The standard InChI is InChI=1S/C15H30N2/c1-11-7-5-6-8-12(11)17(4)13-9-10-15(2,3)14(13)16/h11-14H,5-10,16H2,1-4H3. The molecule has 2 rings (SSSR count). The average Bonchev–Trinajstić information content (AvgIpc) is 2.54. The summed E-state index contributed by atoms with van der Waals surface area (Å²) in [5.74, 6) is 0.852. The van der Waals surface area contributed by atoms with Gasteiger partial charge in [0.05, 0.1) is 0 Å². The van der Waals surface area contributed by atoms with Crippen molar-refractivity contribution < 1.29 is 0 Å². The van der Waals surface area contributed by atoms with Crippen molar-refractivity contribution in [1.82, 2.24) is 4.90 Å². The third kappa shape index (κ3) is 2.53. The summed E-state index contributed by atoms with van der Waals surface area (Å²) < 4.78 is 0. The average molecular weight is 238 g/mol. The van der Waals surface area contributed by atoms with E-state index in [1.807, 2.05) is 0 Å². The molecule has 2 nitrogen and oxygen atoms in total. The molecule has 0 aromatic carbocycles. The molecule has 2 aliphatic rings. The SMILES string of the molecule is CC1CCCCC1N(C)C1CCC(C)(C)C1N. The lowest BCUT2D eigenvalue weighted by Crippen LogP contribution is -2.53. The Labute approximate surface area is 107 Å². The van der Waals surface area contributed by atoms with Crippen molar-refractivity contribution >= 4 is 0 Å². The van der Waals surface area contributed by atoms with Gasteiger partial charge in [0, 0.05) is 18.1 Å². The Morgan fingerprint density at radius 3 is 2.24 bits per heavy atom. The van der Waals surface area contributed by atoms with Gasteiger partial charge in [0.15, 0.2) is 0 Å². The lowest BCUT2D eigenvalue weighted by atomic mass is 9.83. The monoisotopic (exact) mass is 238 g/mol. The molecule has 4 unspecified atom stereocenters. The van der Waals surface area contributed by atoms with Crippen LogP contribution in [0, 0.1) is 11.3 Å². The molecule has 2 N–H and O–H groups in total. The maximum absolute atomic E-state index is 6.47. The molecule has 0 aromatic heterocycles. The highest BCUT2D eigenvalue weighted by Crippen LogP contribution is 2.40. The second-order valence-corrected chi connectivity index (χ2v) is 7.11. The summed E-state index contributed by atoms with van der Waals surface area (Å²) in [4.78, 5) is 2.63. The smallest absolute Gasteiger partial charge is 0.0252 e. The molecule has 0 saturated heterocycles. The van der Waals surface area contributed by atoms with E-state index in [-0.39, 0.29) is 0 Å². The van der Waals surface area contributed by atoms with Gasteiger partial charge in [-0.15, -0.1) is 0 Å².